The van der Waals surface area contributed by atoms with Gasteiger partial charge in [-0.2, -0.15) is 15.2 Å². The highest BCUT2D eigenvalue weighted by Crippen LogP contribution is 2.57. The monoisotopic (exact) mass is 590 g/mol. The number of nitriles is 1. The maximum atomic E-state index is 9.41. The summed E-state index contributed by atoms with van der Waals surface area (Å²) < 4.78 is 2.36. The van der Waals surface area contributed by atoms with Gasteiger partial charge in [0.25, 0.3) is 0 Å². The van der Waals surface area contributed by atoms with Gasteiger partial charge in [-0.05, 0) is 60.2 Å². The third-order valence-electron chi connectivity index (χ3n) is 9.04. The van der Waals surface area contributed by atoms with Crippen molar-refractivity contribution in [1.82, 2.24) is 19.5 Å². The largest absolute Gasteiger partial charge is 0.310 e. The predicted molar refractivity (Wildman–Crippen MR) is 182 cm³/mol. The molecule has 2 aromatic heterocycles. The zero-order chi connectivity index (χ0) is 30.6. The summed E-state index contributed by atoms with van der Waals surface area (Å²) >= 11 is 0. The number of aromatic nitrogens is 4. The van der Waals surface area contributed by atoms with Crippen molar-refractivity contribution in [3.63, 3.8) is 0 Å². The van der Waals surface area contributed by atoms with Crippen LogP contribution in [0.4, 0.5) is 11.6 Å². The molecule has 3 heterocycles. The summed E-state index contributed by atoms with van der Waals surface area (Å²) in [5.41, 5.74) is 9.37. The molecule has 0 amide bonds. The molecule has 216 valence electrons. The van der Waals surface area contributed by atoms with Gasteiger partial charge in [0.05, 0.1) is 28.9 Å². The molecule has 0 N–H and O–H groups in total. The molecule has 2 atom stereocenters. The molecule has 5 aromatic carbocycles. The van der Waals surface area contributed by atoms with E-state index in [9.17, 15) is 5.26 Å². The minimum atomic E-state index is -0.0768. The molecule has 0 saturated heterocycles. The standard InChI is InChI=1S/C40H26N6/c41-25-26-19-21-28(22-20-26)39-42-38(27-11-3-1-4-12-27)43-40(44-39)46-33-17-9-7-15-30(33)31-23-24-35-36(37(31)46)32-16-8-10-18-34(32)45(35)29-13-5-2-6-14-29/h1-24,31,37H. The average molecular weight is 591 g/mol. The first-order valence-electron chi connectivity index (χ1n) is 15.4. The number of nitrogens with zero attached hydrogens (tertiary/aromatic N) is 6. The van der Waals surface area contributed by atoms with Gasteiger partial charge in [0.2, 0.25) is 5.95 Å². The van der Waals surface area contributed by atoms with Crippen LogP contribution in [-0.4, -0.2) is 19.5 Å². The summed E-state index contributed by atoms with van der Waals surface area (Å²) in [6, 6.07) is 47.4. The van der Waals surface area contributed by atoms with Gasteiger partial charge in [0.1, 0.15) is 0 Å². The average Bonchev–Trinajstić information content (AvgIpc) is 3.65. The van der Waals surface area contributed by atoms with E-state index in [0.29, 0.717) is 23.2 Å². The third-order valence-corrected chi connectivity index (χ3v) is 9.04. The molecule has 2 aliphatic rings. The van der Waals surface area contributed by atoms with Crippen molar-refractivity contribution in [2.75, 3.05) is 4.90 Å². The summed E-state index contributed by atoms with van der Waals surface area (Å²) in [5.74, 6) is 1.86. The van der Waals surface area contributed by atoms with E-state index < -0.39 is 0 Å². The lowest BCUT2D eigenvalue weighted by Crippen LogP contribution is -2.26. The summed E-state index contributed by atoms with van der Waals surface area (Å²) in [4.78, 5) is 17.6. The Balaban J connectivity index is 1.31. The second kappa shape index (κ2) is 10.4. The maximum Gasteiger partial charge on any atom is 0.234 e. The van der Waals surface area contributed by atoms with E-state index in [1.54, 1.807) is 12.1 Å². The molecule has 0 radical (unpaired) electrons. The minimum Gasteiger partial charge on any atom is -0.310 e. The van der Waals surface area contributed by atoms with Gasteiger partial charge >= 0.3 is 0 Å². The van der Waals surface area contributed by atoms with E-state index in [4.69, 9.17) is 15.0 Å². The van der Waals surface area contributed by atoms with Gasteiger partial charge in [0.15, 0.2) is 11.6 Å². The van der Waals surface area contributed by atoms with Gasteiger partial charge in [-0.1, -0.05) is 91.0 Å². The maximum absolute atomic E-state index is 9.41. The van der Waals surface area contributed by atoms with Crippen molar-refractivity contribution < 1.29 is 0 Å². The minimum absolute atomic E-state index is 0.0768. The smallest absolute Gasteiger partial charge is 0.234 e. The first kappa shape index (κ1) is 26.1. The van der Waals surface area contributed by atoms with Crippen LogP contribution in [0.3, 0.4) is 0 Å². The van der Waals surface area contributed by atoms with Crippen LogP contribution in [0.2, 0.25) is 0 Å². The zero-order valence-corrected chi connectivity index (χ0v) is 24.7. The molecule has 9 rings (SSSR count). The Kier molecular flexibility index (Phi) is 5.90. The highest BCUT2D eigenvalue weighted by atomic mass is 15.3. The molecule has 1 aliphatic heterocycles. The number of rotatable bonds is 4. The van der Waals surface area contributed by atoms with Crippen LogP contribution >= 0.6 is 0 Å². The second-order valence-corrected chi connectivity index (χ2v) is 11.6. The number of hydrogen-bond acceptors (Lipinski definition) is 5. The number of anilines is 2. The van der Waals surface area contributed by atoms with Crippen molar-refractivity contribution >= 4 is 28.6 Å². The van der Waals surface area contributed by atoms with Crippen LogP contribution in [-0.2, 0) is 0 Å². The Hall–Kier alpha value is -6.32. The van der Waals surface area contributed by atoms with Crippen molar-refractivity contribution in [1.29, 1.82) is 5.26 Å². The van der Waals surface area contributed by atoms with E-state index >= 15 is 0 Å². The zero-order valence-electron chi connectivity index (χ0n) is 24.7. The first-order valence-corrected chi connectivity index (χ1v) is 15.4. The molecule has 0 spiro atoms. The van der Waals surface area contributed by atoms with E-state index in [1.165, 1.54) is 22.0 Å². The van der Waals surface area contributed by atoms with Gasteiger partial charge in [-0.15, -0.1) is 0 Å². The molecule has 7 aromatic rings. The lowest BCUT2D eigenvalue weighted by atomic mass is 9.84. The third kappa shape index (κ3) is 3.99. The number of hydrogen-bond donors (Lipinski definition) is 0. The highest BCUT2D eigenvalue weighted by molar-refractivity contribution is 5.94. The first-order chi connectivity index (χ1) is 22.8. The van der Waals surface area contributed by atoms with Crippen LogP contribution in [0.1, 0.15) is 34.3 Å². The summed E-state index contributed by atoms with van der Waals surface area (Å²) in [7, 11) is 0. The van der Waals surface area contributed by atoms with E-state index in [2.05, 4.69) is 107 Å². The Morgan fingerprint density at radius 2 is 1.28 bits per heavy atom. The summed E-state index contributed by atoms with van der Waals surface area (Å²) in [6.45, 7) is 0. The normalized spacial score (nSPS) is 16.1. The van der Waals surface area contributed by atoms with E-state index in [-0.39, 0.29) is 12.0 Å². The fourth-order valence-corrected chi connectivity index (χ4v) is 7.04. The van der Waals surface area contributed by atoms with Gasteiger partial charge in [-0.25, -0.2) is 4.98 Å². The van der Waals surface area contributed by atoms with Gasteiger partial charge in [0, 0.05) is 39.4 Å². The molecular formula is C40H26N6. The lowest BCUT2D eigenvalue weighted by Gasteiger charge is -2.31. The molecular weight excluding hydrogens is 564 g/mol. The Bertz CT molecular complexity index is 2330. The van der Waals surface area contributed by atoms with Crippen LogP contribution in [0.25, 0.3) is 45.4 Å². The molecule has 46 heavy (non-hydrogen) atoms. The summed E-state index contributed by atoms with van der Waals surface area (Å²) in [5, 5.41) is 10.6. The quantitative estimate of drug-likeness (QED) is 0.205. The molecule has 0 saturated carbocycles. The van der Waals surface area contributed by atoms with E-state index in [0.717, 1.165) is 28.2 Å². The topological polar surface area (TPSA) is 70.6 Å². The van der Waals surface area contributed by atoms with Crippen LogP contribution < -0.4 is 4.90 Å². The molecule has 6 nitrogen and oxygen atoms in total. The van der Waals surface area contributed by atoms with Crippen LogP contribution in [0.15, 0.2) is 140 Å². The van der Waals surface area contributed by atoms with Crippen molar-refractivity contribution in [3.8, 4) is 34.5 Å². The van der Waals surface area contributed by atoms with E-state index in [1.807, 2.05) is 42.5 Å². The Labute approximate surface area is 266 Å². The Morgan fingerprint density at radius 1 is 0.630 bits per heavy atom. The number of para-hydroxylation sites is 3. The highest BCUT2D eigenvalue weighted by Gasteiger charge is 2.45. The Morgan fingerprint density at radius 3 is 2.04 bits per heavy atom. The lowest BCUT2D eigenvalue weighted by molar-refractivity contribution is 0.657. The molecule has 2 unspecified atom stereocenters. The fraction of sp³-hybridized carbons (Fsp3) is 0.0500. The van der Waals surface area contributed by atoms with Crippen LogP contribution in [0.5, 0.6) is 0 Å². The van der Waals surface area contributed by atoms with Crippen molar-refractivity contribution in [2.45, 2.75) is 12.0 Å². The molecule has 0 bridgehead atoms. The summed E-state index contributed by atoms with van der Waals surface area (Å²) in [6.07, 6.45) is 4.62. The fourth-order valence-electron chi connectivity index (χ4n) is 7.04. The number of fused-ring (bicyclic) bond motifs is 7. The van der Waals surface area contributed by atoms with Crippen LogP contribution in [0, 0.1) is 11.3 Å². The molecule has 1 aliphatic carbocycles. The number of benzene rings is 5. The predicted octanol–water partition coefficient (Wildman–Crippen LogP) is 9.02. The second-order valence-electron chi connectivity index (χ2n) is 11.6. The van der Waals surface area contributed by atoms with Gasteiger partial charge < -0.3 is 9.47 Å². The SMILES string of the molecule is N#Cc1ccc(-c2nc(-c3ccccc3)nc(N3c4ccccc4C4C=Cc5c(c6ccccc6n5-c5ccccc5)C43)n2)cc1. The molecule has 0 fully saturated rings. The van der Waals surface area contributed by atoms with Crippen molar-refractivity contribution in [2.24, 2.45) is 0 Å². The van der Waals surface area contributed by atoms with Gasteiger partial charge in [-0.3, -0.25) is 0 Å². The molecule has 6 heteroatoms. The van der Waals surface area contributed by atoms with Crippen molar-refractivity contribution in [3.05, 3.63) is 162 Å².